The molecular weight excluding hydrogens is 516 g/mol. The van der Waals surface area contributed by atoms with Crippen LogP contribution in [-0.2, 0) is 38.7 Å². The lowest BCUT2D eigenvalue weighted by Gasteiger charge is -2.24. The number of nitrogens with one attached hydrogen (secondary N) is 4. The van der Waals surface area contributed by atoms with Crippen LogP contribution in [-0.4, -0.2) is 96.8 Å². The van der Waals surface area contributed by atoms with E-state index < -0.39 is 34.9 Å². The van der Waals surface area contributed by atoms with Crippen LogP contribution >= 0.6 is 11.8 Å². The minimum Gasteiger partial charge on any atom is -0.463 e. The molecule has 0 unspecified atom stereocenters. The molecule has 13 nitrogen and oxygen atoms in total. The van der Waals surface area contributed by atoms with Crippen LogP contribution in [0.25, 0.3) is 0 Å². The molecule has 0 rings (SSSR count). The molecule has 2 amide bonds. The Morgan fingerprint density at radius 3 is 2.28 bits per heavy atom. The van der Waals surface area contributed by atoms with Gasteiger partial charge in [0.25, 0.3) is 0 Å². The van der Waals surface area contributed by atoms with E-state index in [1.807, 2.05) is 20.1 Å². The average Bonchev–Trinajstić information content (AvgIpc) is 2.80. The Balaban J connectivity index is 4.65. The lowest BCUT2D eigenvalue weighted by molar-refractivity contribution is -0.149. The van der Waals surface area contributed by atoms with E-state index in [9.17, 15) is 22.8 Å². The minimum absolute atomic E-state index is 0.0703. The maximum Gasteiger partial charge on any atom is 0.421 e. The summed E-state index contributed by atoms with van der Waals surface area (Å²) in [6.45, 7) is 8.04. The van der Waals surface area contributed by atoms with Crippen LogP contribution in [0, 0.1) is 5.92 Å². The fourth-order valence-electron chi connectivity index (χ4n) is 2.34. The summed E-state index contributed by atoms with van der Waals surface area (Å²) >= 11 is 1.66. The third kappa shape index (κ3) is 18.6. The van der Waals surface area contributed by atoms with Gasteiger partial charge in [0, 0.05) is 20.1 Å². The molecule has 0 aromatic carbocycles. The normalized spacial score (nSPS) is 12.8. The second kappa shape index (κ2) is 18.6. The van der Waals surface area contributed by atoms with E-state index >= 15 is 0 Å². The summed E-state index contributed by atoms with van der Waals surface area (Å²) in [6, 6.07) is -0.855. The summed E-state index contributed by atoms with van der Waals surface area (Å²) in [5.41, 5.74) is 0. The maximum absolute atomic E-state index is 12.3. The molecule has 0 saturated heterocycles. The lowest BCUT2D eigenvalue weighted by atomic mass is 10.2. The number of esters is 1. The van der Waals surface area contributed by atoms with Gasteiger partial charge >= 0.3 is 22.3 Å². The van der Waals surface area contributed by atoms with Gasteiger partial charge in [0.05, 0.1) is 36.7 Å². The Hall–Kier alpha value is -1.65. The van der Waals surface area contributed by atoms with Gasteiger partial charge in [-0.25, -0.2) is 9.52 Å². The Kier molecular flexibility index (Phi) is 17.7. The molecule has 0 aromatic heterocycles. The molecule has 0 bridgehead atoms. The molecule has 4 N–H and O–H groups in total. The van der Waals surface area contributed by atoms with Gasteiger partial charge < -0.3 is 29.6 Å². The number of carbonyl (C=O) groups is 3. The lowest BCUT2D eigenvalue weighted by Crippen LogP contribution is -2.46. The first kappa shape index (κ1) is 34.4. The highest BCUT2D eigenvalue weighted by atomic mass is 32.2. The number of rotatable bonds is 20. The maximum atomic E-state index is 12.3. The highest BCUT2D eigenvalue weighted by molar-refractivity contribution is 7.99. The Morgan fingerprint density at radius 2 is 1.67 bits per heavy atom. The molecule has 15 heteroatoms. The van der Waals surface area contributed by atoms with E-state index in [2.05, 4.69) is 15.4 Å². The topological polar surface area (TPSA) is 170 Å². The van der Waals surface area contributed by atoms with Gasteiger partial charge in [-0.2, -0.15) is 13.1 Å². The first-order chi connectivity index (χ1) is 16.8. The van der Waals surface area contributed by atoms with Crippen molar-refractivity contribution in [3.63, 3.8) is 0 Å². The fraction of sp³-hybridized carbons (Fsp3) is 0.857. The van der Waals surface area contributed by atoms with Crippen LogP contribution in [0.5, 0.6) is 0 Å². The SMILES string of the molecule is COCCOCCNS(=O)(=O)NC(=O)OC[C@H](COC(=O)C(C)C)NC(=O)CCCNC(C)(C)SC. The second-order valence-electron chi connectivity index (χ2n) is 8.50. The Morgan fingerprint density at radius 1 is 1.00 bits per heavy atom. The zero-order valence-corrected chi connectivity index (χ0v) is 23.6. The minimum atomic E-state index is -4.18. The summed E-state index contributed by atoms with van der Waals surface area (Å²) < 4.78 is 47.7. The predicted octanol–water partition coefficient (Wildman–Crippen LogP) is 0.363. The van der Waals surface area contributed by atoms with Gasteiger partial charge in [-0.3, -0.25) is 9.59 Å². The Labute approximate surface area is 218 Å². The molecule has 0 radical (unpaired) electrons. The van der Waals surface area contributed by atoms with Crippen molar-refractivity contribution in [2.24, 2.45) is 5.92 Å². The van der Waals surface area contributed by atoms with Crippen LogP contribution in [0.1, 0.15) is 40.5 Å². The summed E-state index contributed by atoms with van der Waals surface area (Å²) in [5.74, 6) is -1.19. The van der Waals surface area contributed by atoms with E-state index in [-0.39, 0.29) is 42.9 Å². The molecule has 0 spiro atoms. The molecule has 0 fully saturated rings. The second-order valence-corrected chi connectivity index (χ2v) is 11.4. The van der Waals surface area contributed by atoms with Crippen molar-refractivity contribution in [3.05, 3.63) is 0 Å². The summed E-state index contributed by atoms with van der Waals surface area (Å²) in [7, 11) is -2.67. The van der Waals surface area contributed by atoms with Gasteiger partial charge in [-0.1, -0.05) is 13.8 Å². The molecular formula is C21H42N4O9S2. The number of thioether (sulfide) groups is 1. The van der Waals surface area contributed by atoms with Crippen LogP contribution < -0.4 is 20.1 Å². The smallest absolute Gasteiger partial charge is 0.421 e. The number of methoxy groups -OCH3 is 1. The number of hydrogen-bond donors (Lipinski definition) is 4. The van der Waals surface area contributed by atoms with Crippen molar-refractivity contribution in [1.82, 2.24) is 20.1 Å². The monoisotopic (exact) mass is 558 g/mol. The van der Waals surface area contributed by atoms with E-state index in [4.69, 9.17) is 18.9 Å². The zero-order chi connectivity index (χ0) is 27.6. The van der Waals surface area contributed by atoms with Gasteiger partial charge in [0.2, 0.25) is 5.91 Å². The highest BCUT2D eigenvalue weighted by Gasteiger charge is 2.21. The van der Waals surface area contributed by atoms with Crippen molar-refractivity contribution in [3.8, 4) is 0 Å². The molecule has 36 heavy (non-hydrogen) atoms. The van der Waals surface area contributed by atoms with Gasteiger partial charge in [-0.15, -0.1) is 11.8 Å². The van der Waals surface area contributed by atoms with Crippen LogP contribution in [0.2, 0.25) is 0 Å². The van der Waals surface area contributed by atoms with Crippen LogP contribution in [0.15, 0.2) is 0 Å². The number of ether oxygens (including phenoxy) is 4. The summed E-state index contributed by atoms with van der Waals surface area (Å²) in [4.78, 5) is 36.0. The first-order valence-corrected chi connectivity index (χ1v) is 14.3. The van der Waals surface area contributed by atoms with Gasteiger partial charge in [0.15, 0.2) is 0 Å². The summed E-state index contributed by atoms with van der Waals surface area (Å²) in [6.07, 6.45) is 1.50. The van der Waals surface area contributed by atoms with E-state index in [0.717, 1.165) is 0 Å². The van der Waals surface area contributed by atoms with Gasteiger partial charge in [-0.05, 0) is 33.1 Å². The molecule has 0 aliphatic carbocycles. The third-order valence-corrected chi connectivity index (χ3v) is 6.69. The predicted molar refractivity (Wildman–Crippen MR) is 137 cm³/mol. The largest absolute Gasteiger partial charge is 0.463 e. The molecule has 0 aliphatic heterocycles. The molecule has 212 valence electrons. The summed E-state index contributed by atoms with van der Waals surface area (Å²) in [5, 5.41) is 5.97. The van der Waals surface area contributed by atoms with Crippen molar-refractivity contribution < 1.29 is 41.7 Å². The third-order valence-electron chi connectivity index (χ3n) is 4.51. The molecule has 0 aromatic rings. The fourth-order valence-corrected chi connectivity index (χ4v) is 3.28. The standard InChI is InChI=1S/C21H42N4O9S2/c1-16(2)19(27)33-14-17(24-18(26)8-7-9-22-21(3,4)35-6)15-34-20(28)25-36(29,30)23-10-11-32-13-12-31-5/h16-17,22-23H,7-15H2,1-6H3,(H,24,26)(H,25,28)/t17-/m0/s1. The van der Waals surface area contributed by atoms with Gasteiger partial charge in [0.1, 0.15) is 13.2 Å². The van der Waals surface area contributed by atoms with Crippen molar-refractivity contribution in [2.75, 3.05) is 59.5 Å². The quantitative estimate of drug-likeness (QED) is 0.0924. The number of carbonyl (C=O) groups excluding carboxylic acids is 3. The number of amides is 2. The van der Waals surface area contributed by atoms with E-state index in [1.54, 1.807) is 30.3 Å². The molecule has 0 aliphatic rings. The van der Waals surface area contributed by atoms with E-state index in [1.165, 1.54) is 7.11 Å². The number of hydrogen-bond acceptors (Lipinski definition) is 11. The molecule has 1 atom stereocenters. The van der Waals surface area contributed by atoms with Crippen molar-refractivity contribution >= 4 is 39.9 Å². The Bertz CT molecular complexity index is 764. The van der Waals surface area contributed by atoms with Crippen LogP contribution in [0.3, 0.4) is 0 Å². The van der Waals surface area contributed by atoms with E-state index in [0.29, 0.717) is 26.2 Å². The molecule has 0 saturated carbocycles. The zero-order valence-electron chi connectivity index (χ0n) is 22.0. The van der Waals surface area contributed by atoms with Crippen molar-refractivity contribution in [2.45, 2.75) is 51.4 Å². The first-order valence-electron chi connectivity index (χ1n) is 11.6. The molecule has 0 heterocycles. The van der Waals surface area contributed by atoms with Crippen LogP contribution in [0.4, 0.5) is 4.79 Å². The van der Waals surface area contributed by atoms with Crippen molar-refractivity contribution in [1.29, 1.82) is 0 Å². The highest BCUT2D eigenvalue weighted by Crippen LogP contribution is 2.16. The average molecular weight is 559 g/mol.